The number of aromatic nitrogens is 1. The van der Waals surface area contributed by atoms with Crippen LogP contribution in [0.5, 0.6) is 0 Å². The van der Waals surface area contributed by atoms with Crippen LogP contribution in [0.3, 0.4) is 0 Å². The maximum atomic E-state index is 6.20. The number of hydrogen-bond donors (Lipinski definition) is 1. The van der Waals surface area contributed by atoms with Gasteiger partial charge in [0.1, 0.15) is 0 Å². The Hall–Kier alpha value is -0.930. The van der Waals surface area contributed by atoms with Crippen molar-refractivity contribution in [3.63, 3.8) is 0 Å². The first-order valence-electron chi connectivity index (χ1n) is 6.17. The molecule has 0 spiro atoms. The van der Waals surface area contributed by atoms with Gasteiger partial charge >= 0.3 is 0 Å². The summed E-state index contributed by atoms with van der Waals surface area (Å²) in [6.07, 6.45) is 3.03. The van der Waals surface area contributed by atoms with Crippen LogP contribution in [-0.4, -0.2) is 22.0 Å². The fourth-order valence-electron chi connectivity index (χ4n) is 2.38. The Labute approximate surface area is 116 Å². The molecule has 0 radical (unpaired) electrons. The summed E-state index contributed by atoms with van der Waals surface area (Å²) in [5, 5.41) is 6.05. The summed E-state index contributed by atoms with van der Waals surface area (Å²) < 4.78 is 0. The molecule has 2 unspecified atom stereocenters. The summed E-state index contributed by atoms with van der Waals surface area (Å²) in [4.78, 5) is 4.46. The quantitative estimate of drug-likeness (QED) is 0.891. The van der Waals surface area contributed by atoms with Crippen molar-refractivity contribution >= 4 is 40.0 Å². The van der Waals surface area contributed by atoms with Gasteiger partial charge in [-0.05, 0) is 36.4 Å². The lowest BCUT2D eigenvalue weighted by Crippen LogP contribution is -2.24. The normalized spacial score (nSPS) is 23.4. The van der Waals surface area contributed by atoms with Gasteiger partial charge in [-0.25, -0.2) is 0 Å². The topological polar surface area (TPSA) is 24.9 Å². The Balaban J connectivity index is 1.99. The third-order valence-corrected chi connectivity index (χ3v) is 5.09. The summed E-state index contributed by atoms with van der Waals surface area (Å²) in [6.45, 7) is 2.28. The molecule has 2 aromatic rings. The maximum Gasteiger partial charge on any atom is 0.0948 e. The molecule has 1 aromatic carbocycles. The minimum absolute atomic E-state index is 0.529. The van der Waals surface area contributed by atoms with E-state index in [4.69, 9.17) is 11.6 Å². The molecule has 0 amide bonds. The second kappa shape index (κ2) is 4.98. The van der Waals surface area contributed by atoms with Crippen molar-refractivity contribution < 1.29 is 0 Å². The molecule has 94 valence electrons. The number of fused-ring (bicyclic) bond motifs is 1. The van der Waals surface area contributed by atoms with Crippen LogP contribution < -0.4 is 5.32 Å². The Bertz CT molecular complexity index is 573. The highest BCUT2D eigenvalue weighted by Gasteiger charge is 2.24. The highest BCUT2D eigenvalue weighted by molar-refractivity contribution is 8.00. The summed E-state index contributed by atoms with van der Waals surface area (Å²) in [5.41, 5.74) is 2.06. The van der Waals surface area contributed by atoms with Crippen molar-refractivity contribution in [1.29, 1.82) is 0 Å². The lowest BCUT2D eigenvalue weighted by Gasteiger charge is -2.19. The van der Waals surface area contributed by atoms with E-state index < -0.39 is 0 Å². The molecule has 2 nitrogen and oxygen atoms in total. The summed E-state index contributed by atoms with van der Waals surface area (Å²) in [5.74, 6) is 1.23. The van der Waals surface area contributed by atoms with Gasteiger partial charge < -0.3 is 5.32 Å². The molecule has 1 fully saturated rings. The number of nitrogens with one attached hydrogen (secondary N) is 1. The van der Waals surface area contributed by atoms with E-state index in [-0.39, 0.29) is 0 Å². The first kappa shape index (κ1) is 12.1. The van der Waals surface area contributed by atoms with Gasteiger partial charge in [0.25, 0.3) is 0 Å². The molecular weight excluding hydrogens is 264 g/mol. The molecule has 2 heterocycles. The molecule has 1 aliphatic heterocycles. The molecule has 1 aromatic heterocycles. The third-order valence-electron chi connectivity index (χ3n) is 3.43. The predicted octanol–water partition coefficient (Wildman–Crippen LogP) is 4.19. The van der Waals surface area contributed by atoms with E-state index in [1.54, 1.807) is 0 Å². The number of anilines is 1. The van der Waals surface area contributed by atoms with Crippen molar-refractivity contribution in [3.8, 4) is 0 Å². The highest BCUT2D eigenvalue weighted by atomic mass is 35.5. The van der Waals surface area contributed by atoms with Crippen LogP contribution in [0.4, 0.5) is 5.69 Å². The number of benzene rings is 1. The van der Waals surface area contributed by atoms with Gasteiger partial charge in [0.2, 0.25) is 0 Å². The van der Waals surface area contributed by atoms with Gasteiger partial charge in [-0.15, -0.1) is 0 Å². The summed E-state index contributed by atoms with van der Waals surface area (Å²) >= 11 is 8.23. The minimum Gasteiger partial charge on any atom is -0.379 e. The largest absolute Gasteiger partial charge is 0.379 e. The van der Waals surface area contributed by atoms with E-state index in [9.17, 15) is 0 Å². The van der Waals surface area contributed by atoms with Gasteiger partial charge in [-0.3, -0.25) is 4.98 Å². The average molecular weight is 279 g/mol. The summed E-state index contributed by atoms with van der Waals surface area (Å²) in [6, 6.07) is 8.45. The number of nitrogens with zero attached hydrogens (tertiary/aromatic N) is 1. The van der Waals surface area contributed by atoms with Gasteiger partial charge in [0, 0.05) is 22.9 Å². The molecule has 4 heteroatoms. The lowest BCUT2D eigenvalue weighted by atomic mass is 10.1. The van der Waals surface area contributed by atoms with Crippen LogP contribution >= 0.6 is 23.4 Å². The second-order valence-corrected chi connectivity index (χ2v) is 6.50. The van der Waals surface area contributed by atoms with Crippen LogP contribution in [-0.2, 0) is 0 Å². The standard InChI is InChI=1S/C14H15ClN2S/c1-9-12(6-8-18-9)17-13-5-4-11(15)10-3-2-7-16-14(10)13/h2-5,7,9,12,17H,6,8H2,1H3. The molecule has 0 bridgehead atoms. The number of thioether (sulfide) groups is 1. The first-order chi connectivity index (χ1) is 8.75. The van der Waals surface area contributed by atoms with Crippen molar-refractivity contribution in [2.24, 2.45) is 0 Å². The van der Waals surface area contributed by atoms with E-state index in [0.717, 1.165) is 21.6 Å². The van der Waals surface area contributed by atoms with Crippen LogP contribution in [0.15, 0.2) is 30.5 Å². The van der Waals surface area contributed by atoms with Crippen LogP contribution in [0.1, 0.15) is 13.3 Å². The molecule has 18 heavy (non-hydrogen) atoms. The number of hydrogen-bond acceptors (Lipinski definition) is 3. The first-order valence-corrected chi connectivity index (χ1v) is 7.60. The number of rotatable bonds is 2. The van der Waals surface area contributed by atoms with Crippen molar-refractivity contribution in [1.82, 2.24) is 4.98 Å². The fourth-order valence-corrected chi connectivity index (χ4v) is 3.79. The molecule has 3 rings (SSSR count). The number of pyridine rings is 1. The van der Waals surface area contributed by atoms with Crippen molar-refractivity contribution in [2.75, 3.05) is 11.1 Å². The molecule has 1 saturated heterocycles. The monoisotopic (exact) mass is 278 g/mol. The van der Waals surface area contributed by atoms with Gasteiger partial charge in [0.05, 0.1) is 16.2 Å². The smallest absolute Gasteiger partial charge is 0.0948 e. The summed E-state index contributed by atoms with van der Waals surface area (Å²) in [7, 11) is 0. The Kier molecular flexibility index (Phi) is 3.35. The van der Waals surface area contributed by atoms with Crippen LogP contribution in [0, 0.1) is 0 Å². The van der Waals surface area contributed by atoms with E-state index in [1.165, 1.54) is 12.2 Å². The van der Waals surface area contributed by atoms with Crippen molar-refractivity contribution in [3.05, 3.63) is 35.5 Å². The molecule has 1 N–H and O–H groups in total. The average Bonchev–Trinajstić information content (AvgIpc) is 2.79. The van der Waals surface area contributed by atoms with Crippen molar-refractivity contribution in [2.45, 2.75) is 24.6 Å². The number of halogens is 1. The second-order valence-electron chi connectivity index (χ2n) is 4.61. The zero-order chi connectivity index (χ0) is 12.5. The lowest BCUT2D eigenvalue weighted by molar-refractivity contribution is 0.725. The Morgan fingerprint density at radius 1 is 1.39 bits per heavy atom. The molecule has 0 aliphatic carbocycles. The van der Waals surface area contributed by atoms with E-state index in [0.29, 0.717) is 11.3 Å². The van der Waals surface area contributed by atoms with Gasteiger partial charge in [-0.2, -0.15) is 11.8 Å². The zero-order valence-electron chi connectivity index (χ0n) is 10.2. The van der Waals surface area contributed by atoms with Gasteiger partial charge in [0.15, 0.2) is 0 Å². The van der Waals surface area contributed by atoms with E-state index in [2.05, 4.69) is 17.2 Å². The molecule has 1 aliphatic rings. The van der Waals surface area contributed by atoms with E-state index >= 15 is 0 Å². The maximum absolute atomic E-state index is 6.20. The SMILES string of the molecule is CC1SCCC1Nc1ccc(Cl)c2cccnc12. The predicted molar refractivity (Wildman–Crippen MR) is 80.7 cm³/mol. The minimum atomic E-state index is 0.529. The van der Waals surface area contributed by atoms with Crippen LogP contribution in [0.2, 0.25) is 5.02 Å². The molecule has 2 atom stereocenters. The molecular formula is C14H15ClN2S. The molecule has 0 saturated carbocycles. The van der Waals surface area contributed by atoms with Gasteiger partial charge in [-0.1, -0.05) is 18.5 Å². The Morgan fingerprint density at radius 2 is 2.28 bits per heavy atom. The van der Waals surface area contributed by atoms with E-state index in [1.807, 2.05) is 42.2 Å². The highest BCUT2D eigenvalue weighted by Crippen LogP contribution is 2.32. The van der Waals surface area contributed by atoms with Crippen LogP contribution in [0.25, 0.3) is 10.9 Å². The zero-order valence-corrected chi connectivity index (χ0v) is 11.8. The fraction of sp³-hybridized carbons (Fsp3) is 0.357. The third kappa shape index (κ3) is 2.17. The Morgan fingerprint density at radius 3 is 3.06 bits per heavy atom.